The first-order valence-corrected chi connectivity index (χ1v) is 6.43. The lowest BCUT2D eigenvalue weighted by Gasteiger charge is -2.23. The minimum Gasteiger partial charge on any atom is -0.478 e. The summed E-state index contributed by atoms with van der Waals surface area (Å²) in [5.74, 6) is -1.55. The Morgan fingerprint density at radius 3 is 2.55 bits per heavy atom. The number of carboxylic acids is 1. The molecule has 0 spiro atoms. The van der Waals surface area contributed by atoms with Crippen molar-refractivity contribution in [1.82, 2.24) is 4.90 Å². The molecule has 5 nitrogen and oxygen atoms in total. The van der Waals surface area contributed by atoms with Crippen LogP contribution in [0.1, 0.15) is 31.1 Å². The predicted molar refractivity (Wildman–Crippen MR) is 74.5 cm³/mol. The van der Waals surface area contributed by atoms with E-state index in [1.54, 1.807) is 0 Å². The molecule has 0 heterocycles. The van der Waals surface area contributed by atoms with Gasteiger partial charge in [0.15, 0.2) is 0 Å². The number of aromatic carboxylic acids is 1. The molecule has 1 rings (SSSR count). The fourth-order valence-electron chi connectivity index (χ4n) is 1.74. The number of hydrogen-bond acceptors (Lipinski definition) is 2. The Morgan fingerprint density at radius 1 is 1.40 bits per heavy atom. The maximum Gasteiger partial charge on any atom is 0.335 e. The minimum atomic E-state index is -1.17. The zero-order valence-electron chi connectivity index (χ0n) is 11.8. The van der Waals surface area contributed by atoms with E-state index in [4.69, 9.17) is 5.11 Å². The van der Waals surface area contributed by atoms with Gasteiger partial charge in [-0.2, -0.15) is 0 Å². The van der Waals surface area contributed by atoms with E-state index in [1.165, 1.54) is 4.90 Å². The predicted octanol–water partition coefficient (Wildman–Crippen LogP) is 3.03. The van der Waals surface area contributed by atoms with E-state index in [1.807, 2.05) is 20.8 Å². The molecular formula is C14H19FN2O3. The summed E-state index contributed by atoms with van der Waals surface area (Å²) in [6.07, 6.45) is 0. The summed E-state index contributed by atoms with van der Waals surface area (Å²) in [5, 5.41) is 11.3. The van der Waals surface area contributed by atoms with E-state index in [0.717, 1.165) is 18.2 Å². The fraction of sp³-hybridized carbons (Fsp3) is 0.429. The lowest BCUT2D eigenvalue weighted by atomic mass is 10.2. The van der Waals surface area contributed by atoms with E-state index in [2.05, 4.69) is 5.32 Å². The molecule has 1 aromatic rings. The van der Waals surface area contributed by atoms with E-state index in [0.29, 0.717) is 13.1 Å². The van der Waals surface area contributed by atoms with Crippen molar-refractivity contribution >= 4 is 17.7 Å². The van der Waals surface area contributed by atoms with Gasteiger partial charge in [0, 0.05) is 13.1 Å². The Balaban J connectivity index is 2.88. The van der Waals surface area contributed by atoms with Crippen LogP contribution in [0.3, 0.4) is 0 Å². The number of carboxylic acid groups (broad SMARTS) is 1. The molecule has 0 saturated heterocycles. The third kappa shape index (κ3) is 4.22. The van der Waals surface area contributed by atoms with Gasteiger partial charge >= 0.3 is 12.0 Å². The normalized spacial score (nSPS) is 10.4. The second-order valence-corrected chi connectivity index (χ2v) is 4.86. The van der Waals surface area contributed by atoms with Gasteiger partial charge in [-0.1, -0.05) is 13.8 Å². The second kappa shape index (κ2) is 6.88. The summed E-state index contributed by atoms with van der Waals surface area (Å²) < 4.78 is 13.6. The third-order valence-electron chi connectivity index (χ3n) is 2.71. The number of anilines is 1. The molecule has 20 heavy (non-hydrogen) atoms. The van der Waals surface area contributed by atoms with Gasteiger partial charge in [-0.05, 0) is 31.0 Å². The number of benzene rings is 1. The van der Waals surface area contributed by atoms with Crippen LogP contribution in [0.25, 0.3) is 0 Å². The van der Waals surface area contributed by atoms with Crippen LogP contribution in [0.15, 0.2) is 18.2 Å². The van der Waals surface area contributed by atoms with Crippen molar-refractivity contribution in [3.63, 3.8) is 0 Å². The summed E-state index contributed by atoms with van der Waals surface area (Å²) in [6, 6.07) is 2.85. The monoisotopic (exact) mass is 282 g/mol. The zero-order chi connectivity index (χ0) is 15.3. The molecule has 0 fully saturated rings. The van der Waals surface area contributed by atoms with Crippen molar-refractivity contribution in [2.75, 3.05) is 18.4 Å². The first-order valence-electron chi connectivity index (χ1n) is 6.43. The number of urea groups is 1. The summed E-state index contributed by atoms with van der Waals surface area (Å²) in [6.45, 7) is 6.81. The molecule has 0 bridgehead atoms. The zero-order valence-corrected chi connectivity index (χ0v) is 11.8. The largest absolute Gasteiger partial charge is 0.478 e. The number of nitrogens with zero attached hydrogens (tertiary/aromatic N) is 1. The van der Waals surface area contributed by atoms with Crippen molar-refractivity contribution in [3.05, 3.63) is 29.6 Å². The first kappa shape index (κ1) is 15.9. The Labute approximate surface area is 117 Å². The van der Waals surface area contributed by atoms with Crippen LogP contribution < -0.4 is 5.32 Å². The highest BCUT2D eigenvalue weighted by Crippen LogP contribution is 2.17. The summed E-state index contributed by atoms with van der Waals surface area (Å²) in [5.41, 5.74) is -0.203. The average molecular weight is 282 g/mol. The molecule has 0 radical (unpaired) electrons. The van der Waals surface area contributed by atoms with Crippen molar-refractivity contribution in [2.45, 2.75) is 20.8 Å². The topological polar surface area (TPSA) is 69.6 Å². The van der Waals surface area contributed by atoms with E-state index in [-0.39, 0.29) is 17.2 Å². The number of nitrogens with one attached hydrogen (secondary N) is 1. The molecule has 6 heteroatoms. The Bertz CT molecular complexity index is 503. The quantitative estimate of drug-likeness (QED) is 0.872. The third-order valence-corrected chi connectivity index (χ3v) is 2.71. The fourth-order valence-corrected chi connectivity index (χ4v) is 1.74. The molecule has 0 aliphatic heterocycles. The molecular weight excluding hydrogens is 263 g/mol. The minimum absolute atomic E-state index is 0.0754. The lowest BCUT2D eigenvalue weighted by molar-refractivity contribution is 0.0697. The molecule has 2 N–H and O–H groups in total. The molecule has 0 aromatic heterocycles. The molecule has 0 aliphatic rings. The molecule has 0 atom stereocenters. The maximum atomic E-state index is 13.6. The smallest absolute Gasteiger partial charge is 0.335 e. The number of carbonyl (C=O) groups excluding carboxylic acids is 1. The average Bonchev–Trinajstić information content (AvgIpc) is 2.37. The van der Waals surface area contributed by atoms with Crippen molar-refractivity contribution in [3.8, 4) is 0 Å². The molecule has 2 amide bonds. The highest BCUT2D eigenvalue weighted by Gasteiger charge is 2.16. The number of hydrogen-bond donors (Lipinski definition) is 2. The number of halogens is 1. The van der Waals surface area contributed by atoms with Crippen LogP contribution in [0.5, 0.6) is 0 Å². The van der Waals surface area contributed by atoms with Crippen molar-refractivity contribution in [2.24, 2.45) is 5.92 Å². The van der Waals surface area contributed by atoms with Gasteiger partial charge < -0.3 is 15.3 Å². The van der Waals surface area contributed by atoms with Gasteiger partial charge in [-0.15, -0.1) is 0 Å². The van der Waals surface area contributed by atoms with Crippen molar-refractivity contribution < 1.29 is 19.1 Å². The Kier molecular flexibility index (Phi) is 5.49. The van der Waals surface area contributed by atoms with E-state index >= 15 is 0 Å². The molecule has 0 unspecified atom stereocenters. The lowest BCUT2D eigenvalue weighted by Crippen LogP contribution is -2.37. The van der Waals surface area contributed by atoms with Crippen LogP contribution in [-0.2, 0) is 0 Å². The summed E-state index contributed by atoms with van der Waals surface area (Å²) in [7, 11) is 0. The molecule has 0 saturated carbocycles. The highest BCUT2D eigenvalue weighted by atomic mass is 19.1. The number of rotatable bonds is 5. The van der Waals surface area contributed by atoms with E-state index in [9.17, 15) is 14.0 Å². The van der Waals surface area contributed by atoms with Crippen molar-refractivity contribution in [1.29, 1.82) is 0 Å². The summed E-state index contributed by atoms with van der Waals surface area (Å²) in [4.78, 5) is 24.4. The van der Waals surface area contributed by atoms with Gasteiger partial charge in [0.05, 0.1) is 11.3 Å². The second-order valence-electron chi connectivity index (χ2n) is 4.86. The standard InChI is InChI=1S/C14H19FN2O3/c1-4-17(8-9(2)3)14(20)16-12-7-10(13(18)19)5-6-11(12)15/h5-7,9H,4,8H2,1-3H3,(H,16,20)(H,18,19). The first-order chi connectivity index (χ1) is 9.35. The van der Waals surface area contributed by atoms with Crippen LogP contribution in [-0.4, -0.2) is 35.1 Å². The Morgan fingerprint density at radius 2 is 2.05 bits per heavy atom. The molecule has 0 aliphatic carbocycles. The molecule has 110 valence electrons. The van der Waals surface area contributed by atoms with E-state index < -0.39 is 17.8 Å². The molecule has 1 aromatic carbocycles. The van der Waals surface area contributed by atoms with Gasteiger partial charge in [-0.3, -0.25) is 0 Å². The summed E-state index contributed by atoms with van der Waals surface area (Å²) >= 11 is 0. The Hall–Kier alpha value is -2.11. The van der Waals surface area contributed by atoms with Gasteiger partial charge in [-0.25, -0.2) is 14.0 Å². The maximum absolute atomic E-state index is 13.6. The van der Waals surface area contributed by atoms with Gasteiger partial charge in [0.2, 0.25) is 0 Å². The van der Waals surface area contributed by atoms with Crippen LogP contribution in [0.2, 0.25) is 0 Å². The van der Waals surface area contributed by atoms with Crippen LogP contribution in [0.4, 0.5) is 14.9 Å². The number of carbonyl (C=O) groups is 2. The van der Waals surface area contributed by atoms with Crippen LogP contribution in [0, 0.1) is 11.7 Å². The van der Waals surface area contributed by atoms with Crippen LogP contribution >= 0.6 is 0 Å². The highest BCUT2D eigenvalue weighted by molar-refractivity contribution is 5.93. The SMILES string of the molecule is CCN(CC(C)C)C(=O)Nc1cc(C(=O)O)ccc1F. The van der Waals surface area contributed by atoms with Gasteiger partial charge in [0.1, 0.15) is 5.82 Å². The number of amides is 2. The van der Waals surface area contributed by atoms with Gasteiger partial charge in [0.25, 0.3) is 0 Å².